The molecule has 1 aromatic carbocycles. The van der Waals surface area contributed by atoms with Crippen molar-refractivity contribution in [3.8, 4) is 5.69 Å². The van der Waals surface area contributed by atoms with Gasteiger partial charge in [-0.1, -0.05) is 0 Å². The highest BCUT2D eigenvalue weighted by Crippen LogP contribution is 2.21. The summed E-state index contributed by atoms with van der Waals surface area (Å²) in [5, 5.41) is 10.8. The second kappa shape index (κ2) is 6.49. The number of nitrogens with one attached hydrogen (secondary N) is 1. The van der Waals surface area contributed by atoms with Crippen molar-refractivity contribution in [3.63, 3.8) is 0 Å². The van der Waals surface area contributed by atoms with Crippen molar-refractivity contribution < 1.29 is 9.18 Å². The number of carbonyl (C=O) groups is 1. The molecule has 0 aliphatic carbocycles. The normalized spacial score (nSPS) is 10.6. The number of benzene rings is 1. The van der Waals surface area contributed by atoms with Crippen LogP contribution in [0.15, 0.2) is 43.0 Å². The van der Waals surface area contributed by atoms with Crippen LogP contribution in [0.4, 0.5) is 14.9 Å². The Balaban J connectivity index is 1.79. The van der Waals surface area contributed by atoms with Crippen LogP contribution in [0.2, 0.25) is 0 Å². The summed E-state index contributed by atoms with van der Waals surface area (Å²) in [5.74, 6) is 0.191. The van der Waals surface area contributed by atoms with Crippen LogP contribution in [0.5, 0.6) is 0 Å². The zero-order valence-corrected chi connectivity index (χ0v) is 13.2. The van der Waals surface area contributed by atoms with Crippen LogP contribution in [0.1, 0.15) is 5.82 Å². The highest BCUT2D eigenvalue weighted by molar-refractivity contribution is 5.91. The summed E-state index contributed by atoms with van der Waals surface area (Å²) in [5.41, 5.74) is 0.898. The van der Waals surface area contributed by atoms with Gasteiger partial charge in [0.2, 0.25) is 0 Å². The van der Waals surface area contributed by atoms with Crippen LogP contribution in [0.25, 0.3) is 5.69 Å². The van der Waals surface area contributed by atoms with Crippen molar-refractivity contribution in [2.24, 2.45) is 7.05 Å². The Morgan fingerprint density at radius 2 is 2.21 bits per heavy atom. The van der Waals surface area contributed by atoms with Gasteiger partial charge in [0.15, 0.2) is 0 Å². The van der Waals surface area contributed by atoms with Gasteiger partial charge in [-0.2, -0.15) is 10.2 Å². The zero-order valence-electron chi connectivity index (χ0n) is 13.2. The molecule has 3 aromatic rings. The largest absolute Gasteiger partial charge is 0.322 e. The van der Waals surface area contributed by atoms with Crippen molar-refractivity contribution in [1.29, 1.82) is 0 Å². The van der Waals surface area contributed by atoms with Gasteiger partial charge in [-0.25, -0.2) is 18.9 Å². The molecule has 0 saturated heterocycles. The number of rotatable bonds is 4. The van der Waals surface area contributed by atoms with E-state index >= 15 is 0 Å². The van der Waals surface area contributed by atoms with E-state index in [0.717, 1.165) is 0 Å². The highest BCUT2D eigenvalue weighted by atomic mass is 19.1. The molecule has 0 fully saturated rings. The fourth-order valence-corrected chi connectivity index (χ4v) is 2.18. The summed E-state index contributed by atoms with van der Waals surface area (Å²) < 4.78 is 16.7. The van der Waals surface area contributed by atoms with Crippen molar-refractivity contribution in [1.82, 2.24) is 29.4 Å². The molecule has 2 amide bonds. The van der Waals surface area contributed by atoms with E-state index in [9.17, 15) is 9.18 Å². The van der Waals surface area contributed by atoms with Gasteiger partial charge in [0.1, 0.15) is 18.0 Å². The highest BCUT2D eigenvalue weighted by Gasteiger charge is 2.15. The summed E-state index contributed by atoms with van der Waals surface area (Å²) in [6.45, 7) is 0.273. The fraction of sp³-hybridized carbons (Fsp3) is 0.200. The van der Waals surface area contributed by atoms with Crippen LogP contribution in [0, 0.1) is 5.82 Å². The molecule has 2 aromatic heterocycles. The quantitative estimate of drug-likeness (QED) is 0.791. The third-order valence-corrected chi connectivity index (χ3v) is 3.48. The molecule has 0 saturated carbocycles. The first-order chi connectivity index (χ1) is 11.5. The van der Waals surface area contributed by atoms with Crippen molar-refractivity contribution >= 4 is 11.7 Å². The summed E-state index contributed by atoms with van der Waals surface area (Å²) >= 11 is 0. The minimum atomic E-state index is -0.447. The summed E-state index contributed by atoms with van der Waals surface area (Å²) in [6, 6.07) is 5.48. The Morgan fingerprint density at radius 3 is 2.88 bits per heavy atom. The van der Waals surface area contributed by atoms with Crippen LogP contribution >= 0.6 is 0 Å². The first kappa shape index (κ1) is 15.7. The fourth-order valence-electron chi connectivity index (χ4n) is 2.18. The second-order valence-corrected chi connectivity index (χ2v) is 5.20. The van der Waals surface area contributed by atoms with Gasteiger partial charge in [0.25, 0.3) is 0 Å². The van der Waals surface area contributed by atoms with Crippen molar-refractivity contribution in [2.75, 3.05) is 12.4 Å². The first-order valence-electron chi connectivity index (χ1n) is 7.19. The topological polar surface area (TPSA) is 80.9 Å². The van der Waals surface area contributed by atoms with Gasteiger partial charge in [0.05, 0.1) is 17.9 Å². The van der Waals surface area contributed by atoms with Crippen LogP contribution in [0.3, 0.4) is 0 Å². The number of nitrogens with zero attached hydrogens (tertiary/aromatic N) is 6. The summed E-state index contributed by atoms with van der Waals surface area (Å²) in [7, 11) is 3.37. The molecule has 0 spiro atoms. The van der Waals surface area contributed by atoms with Gasteiger partial charge in [0, 0.05) is 26.5 Å². The molecule has 0 atom stereocenters. The number of amides is 2. The predicted molar refractivity (Wildman–Crippen MR) is 85.0 cm³/mol. The van der Waals surface area contributed by atoms with E-state index in [1.165, 1.54) is 23.4 Å². The lowest BCUT2D eigenvalue weighted by atomic mass is 10.2. The SMILES string of the molecule is CN(Cc1ncnn1C)C(=O)Nc1cc(F)ccc1-n1cccn1. The van der Waals surface area contributed by atoms with E-state index < -0.39 is 11.8 Å². The van der Waals surface area contributed by atoms with E-state index in [0.29, 0.717) is 17.2 Å². The second-order valence-electron chi connectivity index (χ2n) is 5.20. The number of hydrogen-bond donors (Lipinski definition) is 1. The smallest absolute Gasteiger partial charge is 0.320 e. The number of urea groups is 1. The van der Waals surface area contributed by atoms with E-state index in [4.69, 9.17) is 0 Å². The lowest BCUT2D eigenvalue weighted by Gasteiger charge is -2.19. The molecule has 3 rings (SSSR count). The van der Waals surface area contributed by atoms with Gasteiger partial charge in [-0.15, -0.1) is 0 Å². The molecule has 0 unspecified atom stereocenters. The van der Waals surface area contributed by atoms with E-state index in [1.54, 1.807) is 48.0 Å². The monoisotopic (exact) mass is 329 g/mol. The summed E-state index contributed by atoms with van der Waals surface area (Å²) in [6.07, 6.45) is 4.74. The maximum absolute atomic E-state index is 13.6. The Kier molecular flexibility index (Phi) is 4.23. The van der Waals surface area contributed by atoms with E-state index in [-0.39, 0.29) is 6.54 Å². The average Bonchev–Trinajstić information content (AvgIpc) is 3.20. The molecule has 0 bridgehead atoms. The molecular formula is C15H16FN7O. The average molecular weight is 329 g/mol. The standard InChI is InChI=1S/C15H16FN7O/c1-21(9-14-17-10-19-22(14)2)15(24)20-12-8-11(16)4-5-13(12)23-7-3-6-18-23/h3-8,10H,9H2,1-2H3,(H,20,24). The number of hydrogen-bond acceptors (Lipinski definition) is 4. The molecule has 1 N–H and O–H groups in total. The molecule has 0 aliphatic rings. The van der Waals surface area contributed by atoms with Crippen molar-refractivity contribution in [2.45, 2.75) is 6.54 Å². The minimum Gasteiger partial charge on any atom is -0.320 e. The van der Waals surface area contributed by atoms with Gasteiger partial charge in [-0.05, 0) is 24.3 Å². The molecular weight excluding hydrogens is 313 g/mol. The molecule has 2 heterocycles. The minimum absolute atomic E-state index is 0.273. The van der Waals surface area contributed by atoms with Gasteiger partial charge in [-0.3, -0.25) is 4.68 Å². The van der Waals surface area contributed by atoms with Crippen LogP contribution in [-0.2, 0) is 13.6 Å². The van der Waals surface area contributed by atoms with Crippen molar-refractivity contribution in [3.05, 3.63) is 54.6 Å². The Hall–Kier alpha value is -3.23. The third-order valence-electron chi connectivity index (χ3n) is 3.48. The predicted octanol–water partition coefficient (Wildman–Crippen LogP) is 1.80. The molecule has 0 radical (unpaired) electrons. The maximum atomic E-state index is 13.6. The molecule has 0 aliphatic heterocycles. The molecule has 9 heteroatoms. The first-order valence-corrected chi connectivity index (χ1v) is 7.19. The van der Waals surface area contributed by atoms with Crippen LogP contribution in [-0.4, -0.2) is 42.5 Å². The van der Waals surface area contributed by atoms with Gasteiger partial charge < -0.3 is 10.2 Å². The Bertz CT molecular complexity index is 843. The Labute approximate surface area is 137 Å². The number of aromatic nitrogens is 5. The maximum Gasteiger partial charge on any atom is 0.322 e. The number of carbonyl (C=O) groups excluding carboxylic acids is 1. The Morgan fingerprint density at radius 1 is 1.38 bits per heavy atom. The lowest BCUT2D eigenvalue weighted by Crippen LogP contribution is -2.32. The number of aryl methyl sites for hydroxylation is 1. The third kappa shape index (κ3) is 3.24. The van der Waals surface area contributed by atoms with Crippen LogP contribution < -0.4 is 5.32 Å². The van der Waals surface area contributed by atoms with Gasteiger partial charge >= 0.3 is 6.03 Å². The number of halogens is 1. The molecule has 24 heavy (non-hydrogen) atoms. The lowest BCUT2D eigenvalue weighted by molar-refractivity contribution is 0.219. The zero-order chi connectivity index (χ0) is 17.1. The van der Waals surface area contributed by atoms with E-state index in [1.807, 2.05) is 0 Å². The van der Waals surface area contributed by atoms with E-state index in [2.05, 4.69) is 20.5 Å². The number of anilines is 1. The molecule has 8 nitrogen and oxygen atoms in total. The molecule has 124 valence electrons. The summed E-state index contributed by atoms with van der Waals surface area (Å²) in [4.78, 5) is 17.9.